The molecule has 20 heavy (non-hydrogen) atoms. The molecule has 108 valence electrons. The largest absolute Gasteiger partial charge is 0.444 e. The van der Waals surface area contributed by atoms with Crippen LogP contribution in [0, 0.1) is 5.92 Å². The van der Waals surface area contributed by atoms with Crippen molar-refractivity contribution < 1.29 is 4.42 Å². The first-order valence-corrected chi connectivity index (χ1v) is 8.45. The zero-order valence-corrected chi connectivity index (χ0v) is 12.8. The summed E-state index contributed by atoms with van der Waals surface area (Å²) in [5.74, 6) is 2.53. The van der Waals surface area contributed by atoms with Crippen molar-refractivity contribution in [2.75, 3.05) is 0 Å². The van der Waals surface area contributed by atoms with Crippen LogP contribution in [0.3, 0.4) is 0 Å². The standard InChI is InChI=1S/C16H22N2OS/c1-2-13-10-17-15(19-13)11-18-16(12-6-3-4-7-12)14-8-5-9-20-14/h5,8-10,12,16,18H,2-4,6-7,11H2,1H3. The van der Waals surface area contributed by atoms with Crippen molar-refractivity contribution in [1.29, 1.82) is 0 Å². The fourth-order valence-corrected chi connectivity index (χ4v) is 3.94. The predicted molar refractivity (Wildman–Crippen MR) is 81.7 cm³/mol. The highest BCUT2D eigenvalue weighted by Gasteiger charge is 2.27. The molecule has 3 rings (SSSR count). The second-order valence-corrected chi connectivity index (χ2v) is 6.47. The average Bonchev–Trinajstić information content (AvgIpc) is 3.22. The minimum absolute atomic E-state index is 0.453. The molecule has 0 aromatic carbocycles. The number of nitrogens with zero attached hydrogens (tertiary/aromatic N) is 1. The first kappa shape index (κ1) is 13.8. The normalized spacial score (nSPS) is 17.6. The van der Waals surface area contributed by atoms with Crippen LogP contribution in [0.1, 0.15) is 55.2 Å². The maximum atomic E-state index is 5.69. The molecule has 1 aliphatic carbocycles. The number of hydrogen-bond acceptors (Lipinski definition) is 4. The van der Waals surface area contributed by atoms with E-state index in [2.05, 4.69) is 34.7 Å². The lowest BCUT2D eigenvalue weighted by Crippen LogP contribution is -2.26. The summed E-state index contributed by atoms with van der Waals surface area (Å²) >= 11 is 1.85. The Bertz CT molecular complexity index is 514. The second kappa shape index (κ2) is 6.55. The smallest absolute Gasteiger partial charge is 0.208 e. The number of nitrogens with one attached hydrogen (secondary N) is 1. The quantitative estimate of drug-likeness (QED) is 0.861. The van der Waals surface area contributed by atoms with E-state index in [0.717, 1.165) is 30.5 Å². The summed E-state index contributed by atoms with van der Waals surface area (Å²) in [7, 11) is 0. The van der Waals surface area contributed by atoms with E-state index >= 15 is 0 Å². The van der Waals surface area contributed by atoms with Gasteiger partial charge in [-0.3, -0.25) is 0 Å². The summed E-state index contributed by atoms with van der Waals surface area (Å²) < 4.78 is 5.69. The highest BCUT2D eigenvalue weighted by atomic mass is 32.1. The monoisotopic (exact) mass is 290 g/mol. The maximum absolute atomic E-state index is 5.69. The Labute approximate surface area is 124 Å². The van der Waals surface area contributed by atoms with Crippen LogP contribution in [0.25, 0.3) is 0 Å². The third kappa shape index (κ3) is 3.13. The molecule has 0 bridgehead atoms. The summed E-state index contributed by atoms with van der Waals surface area (Å²) in [6, 6.07) is 4.84. The summed E-state index contributed by atoms with van der Waals surface area (Å²) in [4.78, 5) is 5.78. The molecule has 2 heterocycles. The van der Waals surface area contributed by atoms with E-state index in [1.54, 1.807) is 0 Å². The fourth-order valence-electron chi connectivity index (χ4n) is 3.05. The third-order valence-corrected chi connectivity index (χ3v) is 5.10. The summed E-state index contributed by atoms with van der Waals surface area (Å²) in [6.07, 6.45) is 8.15. The molecule has 0 radical (unpaired) electrons. The maximum Gasteiger partial charge on any atom is 0.208 e. The molecule has 0 aliphatic heterocycles. The van der Waals surface area contributed by atoms with Crippen LogP contribution in [0.2, 0.25) is 0 Å². The number of aromatic nitrogens is 1. The molecule has 0 amide bonds. The van der Waals surface area contributed by atoms with Gasteiger partial charge in [0.15, 0.2) is 0 Å². The second-order valence-electron chi connectivity index (χ2n) is 5.49. The van der Waals surface area contributed by atoms with E-state index in [-0.39, 0.29) is 0 Å². The van der Waals surface area contributed by atoms with Crippen molar-refractivity contribution in [2.45, 2.75) is 51.6 Å². The van der Waals surface area contributed by atoms with Gasteiger partial charge in [0.25, 0.3) is 0 Å². The molecule has 0 saturated heterocycles. The van der Waals surface area contributed by atoms with Crippen LogP contribution in [-0.2, 0) is 13.0 Å². The van der Waals surface area contributed by atoms with E-state index < -0.39 is 0 Å². The molecule has 4 heteroatoms. The molecule has 1 aliphatic rings. The Morgan fingerprint density at radius 2 is 2.30 bits per heavy atom. The van der Waals surface area contributed by atoms with Gasteiger partial charge in [-0.1, -0.05) is 25.8 Å². The topological polar surface area (TPSA) is 38.1 Å². The van der Waals surface area contributed by atoms with Crippen molar-refractivity contribution in [1.82, 2.24) is 10.3 Å². The van der Waals surface area contributed by atoms with E-state index in [0.29, 0.717) is 6.04 Å². The van der Waals surface area contributed by atoms with Gasteiger partial charge < -0.3 is 9.73 Å². The molecule has 2 aromatic heterocycles. The van der Waals surface area contributed by atoms with Gasteiger partial charge in [-0.2, -0.15) is 0 Å². The molecule has 0 spiro atoms. The molecule has 1 atom stereocenters. The highest BCUT2D eigenvalue weighted by Crippen LogP contribution is 2.37. The Morgan fingerprint density at radius 1 is 1.45 bits per heavy atom. The van der Waals surface area contributed by atoms with E-state index in [1.165, 1.54) is 30.6 Å². The first-order valence-electron chi connectivity index (χ1n) is 7.57. The zero-order chi connectivity index (χ0) is 13.8. The zero-order valence-electron chi connectivity index (χ0n) is 12.0. The fraction of sp³-hybridized carbons (Fsp3) is 0.562. The van der Waals surface area contributed by atoms with Gasteiger partial charge in [-0.25, -0.2) is 4.98 Å². The number of rotatable bonds is 6. The Morgan fingerprint density at radius 3 is 2.95 bits per heavy atom. The third-order valence-electron chi connectivity index (χ3n) is 4.14. The van der Waals surface area contributed by atoms with Gasteiger partial charge in [0, 0.05) is 17.3 Å². The van der Waals surface area contributed by atoms with Gasteiger partial charge in [0.1, 0.15) is 5.76 Å². The van der Waals surface area contributed by atoms with Crippen molar-refractivity contribution in [3.63, 3.8) is 0 Å². The van der Waals surface area contributed by atoms with Crippen molar-refractivity contribution in [2.24, 2.45) is 5.92 Å². The SMILES string of the molecule is CCc1cnc(CNC(c2cccs2)C2CCCC2)o1. The average molecular weight is 290 g/mol. The highest BCUT2D eigenvalue weighted by molar-refractivity contribution is 7.10. The first-order chi connectivity index (χ1) is 9.86. The molecule has 1 unspecified atom stereocenters. The van der Waals surface area contributed by atoms with Crippen molar-refractivity contribution in [3.05, 3.63) is 40.2 Å². The van der Waals surface area contributed by atoms with Crippen LogP contribution in [0.15, 0.2) is 28.1 Å². The van der Waals surface area contributed by atoms with Gasteiger partial charge in [0.2, 0.25) is 5.89 Å². The molecular formula is C16H22N2OS. The van der Waals surface area contributed by atoms with E-state index in [9.17, 15) is 0 Å². The Kier molecular flexibility index (Phi) is 4.53. The molecule has 1 saturated carbocycles. The molecule has 1 N–H and O–H groups in total. The van der Waals surface area contributed by atoms with Gasteiger partial charge in [-0.15, -0.1) is 11.3 Å². The van der Waals surface area contributed by atoms with Crippen molar-refractivity contribution >= 4 is 11.3 Å². The predicted octanol–water partition coefficient (Wildman–Crippen LogP) is 4.32. The lowest BCUT2D eigenvalue weighted by Gasteiger charge is -2.23. The van der Waals surface area contributed by atoms with Crippen LogP contribution < -0.4 is 5.32 Å². The Hall–Kier alpha value is -1.13. The number of hydrogen-bond donors (Lipinski definition) is 1. The summed E-state index contributed by atoms with van der Waals surface area (Å²) in [5.41, 5.74) is 0. The number of thiophene rings is 1. The van der Waals surface area contributed by atoms with E-state index in [1.807, 2.05) is 17.5 Å². The lowest BCUT2D eigenvalue weighted by molar-refractivity contribution is 0.346. The molecule has 3 nitrogen and oxygen atoms in total. The number of aryl methyl sites for hydroxylation is 1. The molecule has 2 aromatic rings. The van der Waals surface area contributed by atoms with Gasteiger partial charge >= 0.3 is 0 Å². The van der Waals surface area contributed by atoms with Gasteiger partial charge in [0.05, 0.1) is 12.7 Å². The summed E-state index contributed by atoms with van der Waals surface area (Å²) in [6.45, 7) is 2.81. The van der Waals surface area contributed by atoms with Crippen LogP contribution in [-0.4, -0.2) is 4.98 Å². The Balaban J connectivity index is 1.66. The minimum atomic E-state index is 0.453. The van der Waals surface area contributed by atoms with Gasteiger partial charge in [-0.05, 0) is 30.2 Å². The summed E-state index contributed by atoms with van der Waals surface area (Å²) in [5, 5.41) is 5.84. The number of oxazole rings is 1. The molecular weight excluding hydrogens is 268 g/mol. The molecule has 1 fully saturated rings. The van der Waals surface area contributed by atoms with Crippen molar-refractivity contribution in [3.8, 4) is 0 Å². The minimum Gasteiger partial charge on any atom is -0.444 e. The lowest BCUT2D eigenvalue weighted by atomic mass is 9.97. The van der Waals surface area contributed by atoms with Crippen LogP contribution in [0.4, 0.5) is 0 Å². The van der Waals surface area contributed by atoms with Crippen LogP contribution in [0.5, 0.6) is 0 Å². The van der Waals surface area contributed by atoms with Crippen LogP contribution >= 0.6 is 11.3 Å². The van der Waals surface area contributed by atoms with E-state index in [4.69, 9.17) is 4.42 Å².